The predicted octanol–water partition coefficient (Wildman–Crippen LogP) is 0.762. The van der Waals surface area contributed by atoms with Crippen LogP contribution in [0.2, 0.25) is 0 Å². The number of rotatable bonds is 1. The highest BCUT2D eigenvalue weighted by molar-refractivity contribution is 5.41. The second kappa shape index (κ2) is 2.49. The average molecular weight is 148 g/mol. The van der Waals surface area contributed by atoms with Gasteiger partial charge in [-0.05, 0) is 12.2 Å². The Hall–Kier alpha value is -1.71. The van der Waals surface area contributed by atoms with Gasteiger partial charge in [0.1, 0.15) is 0 Å². The van der Waals surface area contributed by atoms with Gasteiger partial charge in [-0.3, -0.25) is 5.10 Å². The van der Waals surface area contributed by atoms with E-state index in [0.29, 0.717) is 0 Å². The van der Waals surface area contributed by atoms with E-state index in [4.69, 9.17) is 0 Å². The standard InChI is InChI=1S/C7H8N4/c1-2-6-11(9-4-1)7-3-5-8-10-7/h1-6,9H,(H,8,10). The van der Waals surface area contributed by atoms with E-state index >= 15 is 0 Å². The summed E-state index contributed by atoms with van der Waals surface area (Å²) in [5.41, 5.74) is 3.00. The van der Waals surface area contributed by atoms with E-state index in [-0.39, 0.29) is 0 Å². The van der Waals surface area contributed by atoms with E-state index in [1.807, 2.05) is 35.6 Å². The van der Waals surface area contributed by atoms with Crippen molar-refractivity contribution in [1.82, 2.24) is 15.6 Å². The first-order valence-electron chi connectivity index (χ1n) is 3.35. The maximum absolute atomic E-state index is 3.99. The van der Waals surface area contributed by atoms with Crippen molar-refractivity contribution in [2.45, 2.75) is 0 Å². The van der Waals surface area contributed by atoms with Gasteiger partial charge in [0.05, 0.1) is 0 Å². The van der Waals surface area contributed by atoms with E-state index in [1.165, 1.54) is 0 Å². The van der Waals surface area contributed by atoms with E-state index in [1.54, 1.807) is 6.20 Å². The minimum atomic E-state index is 0.852. The molecule has 2 rings (SSSR count). The molecule has 1 aromatic rings. The van der Waals surface area contributed by atoms with Crippen molar-refractivity contribution in [3.63, 3.8) is 0 Å². The molecule has 2 N–H and O–H groups in total. The van der Waals surface area contributed by atoms with Crippen molar-refractivity contribution in [1.29, 1.82) is 0 Å². The maximum Gasteiger partial charge on any atom is 0.172 e. The molecule has 1 aliphatic rings. The quantitative estimate of drug-likeness (QED) is 0.618. The molecule has 0 bridgehead atoms. The van der Waals surface area contributed by atoms with Gasteiger partial charge in [0.2, 0.25) is 0 Å². The predicted molar refractivity (Wildman–Crippen MR) is 42.5 cm³/mol. The zero-order valence-corrected chi connectivity index (χ0v) is 5.86. The fraction of sp³-hybridized carbons (Fsp3) is 0. The highest BCUT2D eigenvalue weighted by Crippen LogP contribution is 2.07. The number of nitrogens with one attached hydrogen (secondary N) is 2. The van der Waals surface area contributed by atoms with Crippen LogP contribution in [0.25, 0.3) is 0 Å². The molecule has 56 valence electrons. The van der Waals surface area contributed by atoms with Gasteiger partial charge in [0.15, 0.2) is 5.82 Å². The van der Waals surface area contributed by atoms with Crippen molar-refractivity contribution in [3.05, 3.63) is 36.8 Å². The Morgan fingerprint density at radius 1 is 1.36 bits per heavy atom. The molecule has 0 aliphatic carbocycles. The van der Waals surface area contributed by atoms with Crippen LogP contribution in [0.15, 0.2) is 36.8 Å². The van der Waals surface area contributed by atoms with Crippen LogP contribution in [0.1, 0.15) is 0 Å². The Balaban J connectivity index is 2.19. The minimum absolute atomic E-state index is 0.852. The van der Waals surface area contributed by atoms with E-state index in [2.05, 4.69) is 15.6 Å². The third kappa shape index (κ3) is 1.10. The third-order valence-electron chi connectivity index (χ3n) is 1.39. The zero-order valence-electron chi connectivity index (χ0n) is 5.86. The number of hydrazine groups is 1. The Kier molecular flexibility index (Phi) is 1.37. The number of allylic oxidation sites excluding steroid dienone is 2. The SMILES string of the molecule is C1=CNN(c2cc[nH]n2)C=C1. The van der Waals surface area contributed by atoms with Crippen LogP contribution in [0.3, 0.4) is 0 Å². The first kappa shape index (κ1) is 6.03. The average Bonchev–Trinajstić information content (AvgIpc) is 2.58. The number of aromatic nitrogens is 2. The highest BCUT2D eigenvalue weighted by Gasteiger charge is 2.02. The van der Waals surface area contributed by atoms with Gasteiger partial charge in [-0.25, -0.2) is 5.01 Å². The lowest BCUT2D eigenvalue weighted by atomic mass is 10.5. The topological polar surface area (TPSA) is 44.0 Å². The van der Waals surface area contributed by atoms with Crippen LogP contribution >= 0.6 is 0 Å². The summed E-state index contributed by atoms with van der Waals surface area (Å²) in [7, 11) is 0. The second-order valence-electron chi connectivity index (χ2n) is 2.13. The molecule has 4 heteroatoms. The highest BCUT2D eigenvalue weighted by atomic mass is 15.5. The van der Waals surface area contributed by atoms with Gasteiger partial charge >= 0.3 is 0 Å². The number of anilines is 1. The molecule has 0 saturated heterocycles. The van der Waals surface area contributed by atoms with Crippen molar-refractivity contribution < 1.29 is 0 Å². The van der Waals surface area contributed by atoms with Crippen molar-refractivity contribution >= 4 is 5.82 Å². The van der Waals surface area contributed by atoms with Crippen LogP contribution in [0.4, 0.5) is 5.82 Å². The maximum atomic E-state index is 3.99. The van der Waals surface area contributed by atoms with Gasteiger partial charge in [0, 0.05) is 24.7 Å². The molecular formula is C7H8N4. The van der Waals surface area contributed by atoms with E-state index in [9.17, 15) is 0 Å². The van der Waals surface area contributed by atoms with Crippen LogP contribution in [-0.2, 0) is 0 Å². The Bertz CT molecular complexity index is 273. The first-order valence-corrected chi connectivity index (χ1v) is 3.35. The van der Waals surface area contributed by atoms with Crippen LogP contribution in [0.5, 0.6) is 0 Å². The molecule has 4 nitrogen and oxygen atoms in total. The Morgan fingerprint density at radius 2 is 2.36 bits per heavy atom. The molecule has 1 aliphatic heterocycles. The Labute approximate surface area is 64.2 Å². The van der Waals surface area contributed by atoms with Gasteiger partial charge in [-0.2, -0.15) is 5.10 Å². The number of nitrogens with zero attached hydrogens (tertiary/aromatic N) is 2. The van der Waals surface area contributed by atoms with Gasteiger partial charge in [-0.15, -0.1) is 0 Å². The molecule has 0 amide bonds. The van der Waals surface area contributed by atoms with E-state index in [0.717, 1.165) is 5.82 Å². The van der Waals surface area contributed by atoms with Crippen molar-refractivity contribution in [3.8, 4) is 0 Å². The summed E-state index contributed by atoms with van der Waals surface area (Å²) < 4.78 is 0. The molecule has 0 atom stereocenters. The lowest BCUT2D eigenvalue weighted by molar-refractivity contribution is 0.841. The molecular weight excluding hydrogens is 140 g/mol. The molecule has 0 saturated carbocycles. The van der Waals surface area contributed by atoms with Crippen molar-refractivity contribution in [2.24, 2.45) is 0 Å². The minimum Gasteiger partial charge on any atom is -0.300 e. The molecule has 11 heavy (non-hydrogen) atoms. The molecule has 0 unspecified atom stereocenters. The van der Waals surface area contributed by atoms with Crippen LogP contribution in [0, 0.1) is 0 Å². The second-order valence-corrected chi connectivity index (χ2v) is 2.13. The summed E-state index contributed by atoms with van der Waals surface area (Å²) in [6.07, 6.45) is 9.38. The number of aromatic amines is 1. The fourth-order valence-corrected chi connectivity index (χ4v) is 0.887. The zero-order chi connectivity index (χ0) is 7.52. The Morgan fingerprint density at radius 3 is 3.00 bits per heavy atom. The molecule has 2 heterocycles. The lowest BCUT2D eigenvalue weighted by Gasteiger charge is -2.18. The van der Waals surface area contributed by atoms with Gasteiger partial charge in [0.25, 0.3) is 0 Å². The third-order valence-corrected chi connectivity index (χ3v) is 1.39. The summed E-state index contributed by atoms with van der Waals surface area (Å²) in [6, 6.07) is 1.89. The molecule has 0 spiro atoms. The summed E-state index contributed by atoms with van der Waals surface area (Å²) in [5, 5.41) is 8.55. The summed E-state index contributed by atoms with van der Waals surface area (Å²) in [5.74, 6) is 0.852. The molecule has 0 radical (unpaired) electrons. The molecule has 1 aromatic heterocycles. The van der Waals surface area contributed by atoms with Gasteiger partial charge in [-0.1, -0.05) is 0 Å². The number of H-pyrrole nitrogens is 1. The van der Waals surface area contributed by atoms with Crippen LogP contribution < -0.4 is 10.4 Å². The number of hydrogen-bond donors (Lipinski definition) is 2. The van der Waals surface area contributed by atoms with E-state index < -0.39 is 0 Å². The van der Waals surface area contributed by atoms with Crippen molar-refractivity contribution in [2.75, 3.05) is 5.01 Å². The molecule has 0 fully saturated rings. The lowest BCUT2D eigenvalue weighted by Crippen LogP contribution is -2.30. The summed E-state index contributed by atoms with van der Waals surface area (Å²) in [6.45, 7) is 0. The summed E-state index contributed by atoms with van der Waals surface area (Å²) >= 11 is 0. The molecule has 0 aromatic carbocycles. The first-order chi connectivity index (χ1) is 5.47. The smallest absolute Gasteiger partial charge is 0.172 e. The fourth-order valence-electron chi connectivity index (χ4n) is 0.887. The summed E-state index contributed by atoms with van der Waals surface area (Å²) in [4.78, 5) is 0. The van der Waals surface area contributed by atoms with Gasteiger partial charge < -0.3 is 5.43 Å². The number of hydrogen-bond acceptors (Lipinski definition) is 3. The monoisotopic (exact) mass is 148 g/mol. The normalized spacial score (nSPS) is 15.1. The largest absolute Gasteiger partial charge is 0.300 e. The van der Waals surface area contributed by atoms with Crippen LogP contribution in [-0.4, -0.2) is 10.2 Å².